The minimum absolute atomic E-state index is 0.320. The highest BCUT2D eigenvalue weighted by Crippen LogP contribution is 2.30. The molecule has 0 amide bonds. The molecule has 0 saturated carbocycles. The van der Waals surface area contributed by atoms with E-state index in [1.54, 1.807) is 94.7 Å². The predicted molar refractivity (Wildman–Crippen MR) is 187 cm³/mol. The predicted octanol–water partition coefficient (Wildman–Crippen LogP) is 8.87. The highest BCUT2D eigenvalue weighted by atomic mass is 79.9. The first-order valence-corrected chi connectivity index (χ1v) is 16.0. The summed E-state index contributed by atoms with van der Waals surface area (Å²) >= 11 is 6.87. The molecule has 0 spiro atoms. The fraction of sp³-hybridized carbons (Fsp3) is 0. The number of pyridine rings is 2. The van der Waals surface area contributed by atoms with E-state index in [4.69, 9.17) is 0 Å². The van der Waals surface area contributed by atoms with E-state index in [0.29, 0.717) is 45.4 Å². The number of hydrogen-bond donors (Lipinski definition) is 2. The average molecular weight is 768 g/mol. The van der Waals surface area contributed by atoms with Crippen LogP contribution in [0.15, 0.2) is 131 Å². The molecule has 0 unspecified atom stereocenters. The van der Waals surface area contributed by atoms with E-state index in [-0.39, 0.29) is 11.6 Å². The van der Waals surface area contributed by atoms with Crippen molar-refractivity contribution in [2.75, 3.05) is 10.6 Å². The summed E-state index contributed by atoms with van der Waals surface area (Å²) in [5, 5.41) is 15.1. The summed E-state index contributed by atoms with van der Waals surface area (Å²) in [4.78, 5) is 17.1. The molecule has 0 aliphatic rings. The first kappa shape index (κ1) is 31.0. The van der Waals surface area contributed by atoms with Crippen LogP contribution in [-0.2, 0) is 0 Å². The third-order valence-corrected chi connectivity index (χ3v) is 8.16. The average Bonchev–Trinajstić information content (AvgIpc) is 3.68. The van der Waals surface area contributed by atoms with Crippen molar-refractivity contribution in [3.8, 4) is 22.5 Å². The summed E-state index contributed by atoms with van der Waals surface area (Å²) in [7, 11) is 0. The molecular formula is C34H22Br2F2N10. The largest absolute Gasteiger partial charge is 0.340 e. The minimum atomic E-state index is -0.322. The molecule has 6 aromatic heterocycles. The van der Waals surface area contributed by atoms with Gasteiger partial charge in [-0.05, 0) is 80.4 Å². The molecule has 0 fully saturated rings. The lowest BCUT2D eigenvalue weighted by atomic mass is 10.1. The van der Waals surface area contributed by atoms with Gasteiger partial charge in [-0.25, -0.2) is 18.7 Å². The van der Waals surface area contributed by atoms with Gasteiger partial charge in [0.1, 0.15) is 23.3 Å². The molecule has 48 heavy (non-hydrogen) atoms. The summed E-state index contributed by atoms with van der Waals surface area (Å²) in [6.07, 6.45) is 10.1. The Kier molecular flexibility index (Phi) is 8.81. The molecule has 2 aromatic carbocycles. The molecule has 8 aromatic rings. The van der Waals surface area contributed by atoms with Gasteiger partial charge in [0.25, 0.3) is 0 Å². The van der Waals surface area contributed by atoms with Gasteiger partial charge in [0, 0.05) is 47.5 Å². The van der Waals surface area contributed by atoms with Crippen LogP contribution >= 0.6 is 31.9 Å². The van der Waals surface area contributed by atoms with Crippen LogP contribution in [0.25, 0.3) is 33.8 Å². The van der Waals surface area contributed by atoms with Crippen LogP contribution in [0, 0.1) is 11.6 Å². The molecule has 6 heterocycles. The van der Waals surface area contributed by atoms with Crippen molar-refractivity contribution in [1.29, 1.82) is 0 Å². The maximum atomic E-state index is 14.2. The van der Waals surface area contributed by atoms with Gasteiger partial charge in [-0.1, -0.05) is 24.3 Å². The number of nitrogens with zero attached hydrogens (tertiary/aromatic N) is 8. The molecule has 0 saturated heterocycles. The second-order valence-corrected chi connectivity index (χ2v) is 11.9. The van der Waals surface area contributed by atoms with E-state index < -0.39 is 0 Å². The van der Waals surface area contributed by atoms with Crippen molar-refractivity contribution in [3.05, 3.63) is 143 Å². The summed E-state index contributed by atoms with van der Waals surface area (Å²) in [5.41, 5.74) is 4.77. The molecule has 8 rings (SSSR count). The van der Waals surface area contributed by atoms with Crippen molar-refractivity contribution in [1.82, 2.24) is 39.2 Å². The van der Waals surface area contributed by atoms with Gasteiger partial charge in [0.05, 0.1) is 44.6 Å². The lowest BCUT2D eigenvalue weighted by Crippen LogP contribution is -2.03. The number of nitrogens with one attached hydrogen (secondary N) is 2. The van der Waals surface area contributed by atoms with Crippen molar-refractivity contribution >= 4 is 66.2 Å². The van der Waals surface area contributed by atoms with Gasteiger partial charge >= 0.3 is 0 Å². The van der Waals surface area contributed by atoms with E-state index in [1.807, 2.05) is 24.3 Å². The number of hydrogen-bond acceptors (Lipinski definition) is 8. The van der Waals surface area contributed by atoms with Crippen LogP contribution < -0.4 is 10.6 Å². The maximum Gasteiger partial charge on any atom is 0.172 e. The fourth-order valence-electron chi connectivity index (χ4n) is 4.83. The van der Waals surface area contributed by atoms with Gasteiger partial charge in [0.2, 0.25) is 0 Å². The molecule has 0 aliphatic carbocycles. The van der Waals surface area contributed by atoms with Crippen molar-refractivity contribution < 1.29 is 8.78 Å². The van der Waals surface area contributed by atoms with Crippen LogP contribution in [0.1, 0.15) is 0 Å². The second kappa shape index (κ2) is 13.6. The molecule has 14 heteroatoms. The Morgan fingerprint density at radius 3 is 1.56 bits per heavy atom. The Balaban J connectivity index is 0.000000152. The summed E-state index contributed by atoms with van der Waals surface area (Å²) in [6.45, 7) is 0. The fourth-order valence-corrected chi connectivity index (χ4v) is 5.53. The van der Waals surface area contributed by atoms with Crippen LogP contribution in [0.4, 0.5) is 31.8 Å². The first-order chi connectivity index (χ1) is 23.4. The number of fused-ring (bicyclic) bond motifs is 2. The Hall–Kier alpha value is -5.60. The maximum absolute atomic E-state index is 14.2. The van der Waals surface area contributed by atoms with Crippen molar-refractivity contribution in [2.45, 2.75) is 0 Å². The minimum Gasteiger partial charge on any atom is -0.340 e. The van der Waals surface area contributed by atoms with Gasteiger partial charge in [-0.2, -0.15) is 19.2 Å². The normalized spacial score (nSPS) is 10.9. The third kappa shape index (κ3) is 6.48. The molecular weight excluding hydrogens is 746 g/mol. The number of halogens is 4. The van der Waals surface area contributed by atoms with E-state index in [2.05, 4.69) is 72.6 Å². The molecule has 236 valence electrons. The number of rotatable bonds is 6. The van der Waals surface area contributed by atoms with E-state index in [9.17, 15) is 8.78 Å². The Bertz CT molecular complexity index is 2200. The van der Waals surface area contributed by atoms with Crippen LogP contribution in [0.2, 0.25) is 0 Å². The monoisotopic (exact) mass is 766 g/mol. The Morgan fingerprint density at radius 1 is 0.542 bits per heavy atom. The summed E-state index contributed by atoms with van der Waals surface area (Å²) < 4.78 is 33.1. The third-order valence-electron chi connectivity index (χ3n) is 7.04. The second-order valence-electron chi connectivity index (χ2n) is 10.2. The smallest absolute Gasteiger partial charge is 0.172 e. The highest BCUT2D eigenvalue weighted by Gasteiger charge is 2.15. The zero-order chi connectivity index (χ0) is 33.0. The topological polar surface area (TPSA) is 110 Å². The molecule has 10 nitrogen and oxygen atoms in total. The van der Waals surface area contributed by atoms with Crippen molar-refractivity contribution in [3.63, 3.8) is 0 Å². The van der Waals surface area contributed by atoms with Crippen LogP contribution in [0.5, 0.6) is 0 Å². The molecule has 0 bridgehead atoms. The SMILES string of the molecule is Fc1ccccc1-c1cc(Nc2cccnc2)n2ncc(Br)c2n1.Fc1ccccc1-c1cc(Nc2ccncc2)n2ncc(Br)c2n1. The zero-order valence-electron chi connectivity index (χ0n) is 24.6. The van der Waals surface area contributed by atoms with Gasteiger partial charge < -0.3 is 10.6 Å². The van der Waals surface area contributed by atoms with E-state index >= 15 is 0 Å². The summed E-state index contributed by atoms with van der Waals surface area (Å²) in [6, 6.07) is 24.0. The van der Waals surface area contributed by atoms with Crippen molar-refractivity contribution in [2.24, 2.45) is 0 Å². The first-order valence-electron chi connectivity index (χ1n) is 14.4. The van der Waals surface area contributed by atoms with Gasteiger partial charge in [-0.15, -0.1) is 0 Å². The lowest BCUT2D eigenvalue weighted by molar-refractivity contribution is 0.630. The summed E-state index contributed by atoms with van der Waals surface area (Å²) in [5.74, 6) is 0.698. The van der Waals surface area contributed by atoms with E-state index in [1.165, 1.54) is 12.1 Å². The molecule has 0 atom stereocenters. The quantitative estimate of drug-likeness (QED) is 0.173. The zero-order valence-corrected chi connectivity index (χ0v) is 27.8. The Labute approximate surface area is 288 Å². The lowest BCUT2D eigenvalue weighted by Gasteiger charge is -2.11. The van der Waals surface area contributed by atoms with Gasteiger partial charge in [0.15, 0.2) is 11.3 Å². The highest BCUT2D eigenvalue weighted by molar-refractivity contribution is 9.11. The number of benzene rings is 2. The number of anilines is 4. The van der Waals surface area contributed by atoms with Crippen LogP contribution in [0.3, 0.4) is 0 Å². The molecule has 2 N–H and O–H groups in total. The van der Waals surface area contributed by atoms with E-state index in [0.717, 1.165) is 20.3 Å². The Morgan fingerprint density at radius 2 is 1.06 bits per heavy atom. The van der Waals surface area contributed by atoms with Crippen LogP contribution in [-0.4, -0.2) is 39.2 Å². The standard InChI is InChI=1S/2C17H11BrFN5/c18-13-10-21-24-16(22-11-4-3-7-20-9-11)8-15(23-17(13)24)12-5-1-2-6-14(12)19;18-13-10-21-24-16(22-11-5-7-20-8-6-11)9-15(23-17(13)24)12-3-1-2-4-14(12)19/h1-10,22H;1-10H,(H,20,22). The van der Waals surface area contributed by atoms with Gasteiger partial charge in [-0.3, -0.25) is 9.97 Å². The molecule has 0 radical (unpaired) electrons. The molecule has 0 aliphatic heterocycles. The number of aromatic nitrogens is 8.